The summed E-state index contributed by atoms with van der Waals surface area (Å²) in [5.41, 5.74) is 0.00702. The highest BCUT2D eigenvalue weighted by atomic mass is 19.1. The molecule has 0 saturated heterocycles. The highest BCUT2D eigenvalue weighted by Crippen LogP contribution is 2.13. The SMILES string of the molecule is CN(CCCC(=O)O)C(=O)Nc1cc(F)cc(F)c1. The van der Waals surface area contributed by atoms with Crippen molar-refractivity contribution in [2.45, 2.75) is 12.8 Å². The van der Waals surface area contributed by atoms with Gasteiger partial charge in [-0.05, 0) is 18.6 Å². The Morgan fingerprint density at radius 2 is 1.84 bits per heavy atom. The molecule has 0 unspecified atom stereocenters. The fourth-order valence-corrected chi connectivity index (χ4v) is 1.41. The summed E-state index contributed by atoms with van der Waals surface area (Å²) in [5.74, 6) is -2.52. The van der Waals surface area contributed by atoms with Crippen LogP contribution in [0, 0.1) is 11.6 Å². The van der Waals surface area contributed by atoms with Crippen molar-refractivity contribution in [1.29, 1.82) is 0 Å². The van der Waals surface area contributed by atoms with Gasteiger partial charge in [0.1, 0.15) is 11.6 Å². The summed E-state index contributed by atoms with van der Waals surface area (Å²) in [6, 6.07) is 2.13. The molecule has 2 N–H and O–H groups in total. The molecular formula is C12H14F2N2O3. The molecule has 0 aliphatic rings. The number of anilines is 1. The van der Waals surface area contributed by atoms with Gasteiger partial charge < -0.3 is 15.3 Å². The van der Waals surface area contributed by atoms with Crippen LogP contribution in [-0.4, -0.2) is 35.6 Å². The smallest absolute Gasteiger partial charge is 0.321 e. The number of urea groups is 1. The normalized spacial score (nSPS) is 10.1. The zero-order valence-corrected chi connectivity index (χ0v) is 10.3. The number of rotatable bonds is 5. The van der Waals surface area contributed by atoms with Crippen molar-refractivity contribution in [3.05, 3.63) is 29.8 Å². The highest BCUT2D eigenvalue weighted by molar-refractivity contribution is 5.89. The molecule has 0 heterocycles. The van der Waals surface area contributed by atoms with E-state index in [2.05, 4.69) is 5.32 Å². The number of nitrogens with one attached hydrogen (secondary N) is 1. The molecule has 0 aromatic heterocycles. The topological polar surface area (TPSA) is 69.6 Å². The highest BCUT2D eigenvalue weighted by Gasteiger charge is 2.10. The largest absolute Gasteiger partial charge is 0.481 e. The Morgan fingerprint density at radius 1 is 1.26 bits per heavy atom. The van der Waals surface area contributed by atoms with E-state index in [1.54, 1.807) is 0 Å². The number of carbonyl (C=O) groups is 2. The number of benzene rings is 1. The van der Waals surface area contributed by atoms with Crippen LogP contribution in [0.1, 0.15) is 12.8 Å². The number of carboxylic acid groups (broad SMARTS) is 1. The minimum absolute atomic E-state index is 0.00702. The van der Waals surface area contributed by atoms with Crippen molar-refractivity contribution in [2.24, 2.45) is 0 Å². The maximum absolute atomic E-state index is 12.9. The molecule has 1 rings (SSSR count). The van der Waals surface area contributed by atoms with Gasteiger partial charge in [-0.2, -0.15) is 0 Å². The average Bonchev–Trinajstić information content (AvgIpc) is 2.26. The van der Waals surface area contributed by atoms with Gasteiger partial charge in [0.05, 0.1) is 0 Å². The zero-order valence-electron chi connectivity index (χ0n) is 10.3. The van der Waals surface area contributed by atoms with E-state index in [0.717, 1.165) is 12.1 Å². The summed E-state index contributed by atoms with van der Waals surface area (Å²) in [5, 5.41) is 10.8. The van der Waals surface area contributed by atoms with Gasteiger partial charge in [-0.3, -0.25) is 4.79 Å². The Morgan fingerprint density at radius 3 is 2.37 bits per heavy atom. The maximum atomic E-state index is 12.9. The van der Waals surface area contributed by atoms with E-state index < -0.39 is 23.6 Å². The minimum Gasteiger partial charge on any atom is -0.481 e. The van der Waals surface area contributed by atoms with Gasteiger partial charge in [-0.25, -0.2) is 13.6 Å². The number of hydrogen-bond donors (Lipinski definition) is 2. The first kappa shape index (κ1) is 14.9. The van der Waals surface area contributed by atoms with Gasteiger partial charge in [-0.15, -0.1) is 0 Å². The maximum Gasteiger partial charge on any atom is 0.321 e. The molecule has 1 aromatic rings. The Bertz CT molecular complexity index is 460. The van der Waals surface area contributed by atoms with Crippen molar-refractivity contribution in [2.75, 3.05) is 18.9 Å². The second-order valence-electron chi connectivity index (χ2n) is 4.01. The molecule has 0 saturated carbocycles. The average molecular weight is 272 g/mol. The fourth-order valence-electron chi connectivity index (χ4n) is 1.41. The van der Waals surface area contributed by atoms with Crippen LogP contribution in [0.15, 0.2) is 18.2 Å². The van der Waals surface area contributed by atoms with E-state index in [4.69, 9.17) is 5.11 Å². The van der Waals surface area contributed by atoms with Crippen molar-refractivity contribution in [3.63, 3.8) is 0 Å². The van der Waals surface area contributed by atoms with E-state index in [0.29, 0.717) is 12.5 Å². The summed E-state index contributed by atoms with van der Waals surface area (Å²) < 4.78 is 25.8. The predicted octanol–water partition coefficient (Wildman–Crippen LogP) is 2.29. The number of nitrogens with zero attached hydrogens (tertiary/aromatic N) is 1. The van der Waals surface area contributed by atoms with Gasteiger partial charge in [0.2, 0.25) is 0 Å². The third-order valence-corrected chi connectivity index (χ3v) is 2.34. The molecule has 104 valence electrons. The molecule has 1 aromatic carbocycles. The molecular weight excluding hydrogens is 258 g/mol. The van der Waals surface area contributed by atoms with Gasteiger partial charge in [0, 0.05) is 31.8 Å². The van der Waals surface area contributed by atoms with Crippen LogP contribution in [0.4, 0.5) is 19.3 Å². The molecule has 0 bridgehead atoms. The van der Waals surface area contributed by atoms with Gasteiger partial charge in [-0.1, -0.05) is 0 Å². The van der Waals surface area contributed by atoms with E-state index in [9.17, 15) is 18.4 Å². The zero-order chi connectivity index (χ0) is 14.4. The molecule has 7 heteroatoms. The van der Waals surface area contributed by atoms with Crippen molar-refractivity contribution in [3.8, 4) is 0 Å². The lowest BCUT2D eigenvalue weighted by molar-refractivity contribution is -0.137. The first-order valence-corrected chi connectivity index (χ1v) is 5.58. The molecule has 0 radical (unpaired) electrons. The monoisotopic (exact) mass is 272 g/mol. The Kier molecular flexibility index (Phi) is 5.23. The first-order valence-electron chi connectivity index (χ1n) is 5.58. The van der Waals surface area contributed by atoms with Gasteiger partial charge >= 0.3 is 12.0 Å². The predicted molar refractivity (Wildman–Crippen MR) is 64.9 cm³/mol. The van der Waals surface area contributed by atoms with Crippen LogP contribution in [0.25, 0.3) is 0 Å². The number of carbonyl (C=O) groups excluding carboxylic acids is 1. The summed E-state index contributed by atoms with van der Waals surface area (Å²) in [7, 11) is 1.47. The standard InChI is InChI=1S/C12H14F2N2O3/c1-16(4-2-3-11(17)18)12(19)15-10-6-8(13)5-9(14)7-10/h5-7H,2-4H2,1H3,(H,15,19)(H,17,18). The van der Waals surface area contributed by atoms with Gasteiger partial charge in [0.25, 0.3) is 0 Å². The number of halogens is 2. The van der Waals surface area contributed by atoms with Crippen molar-refractivity contribution >= 4 is 17.7 Å². The number of aliphatic carboxylic acids is 1. The number of amides is 2. The van der Waals surface area contributed by atoms with E-state index in [1.165, 1.54) is 11.9 Å². The fraction of sp³-hybridized carbons (Fsp3) is 0.333. The van der Waals surface area contributed by atoms with Crippen LogP contribution < -0.4 is 5.32 Å². The summed E-state index contributed by atoms with van der Waals surface area (Å²) in [6.07, 6.45) is 0.253. The van der Waals surface area contributed by atoms with Crippen LogP contribution in [0.3, 0.4) is 0 Å². The molecule has 0 atom stereocenters. The van der Waals surface area contributed by atoms with Crippen LogP contribution in [0.2, 0.25) is 0 Å². The first-order chi connectivity index (χ1) is 8.88. The van der Waals surface area contributed by atoms with E-state index in [1.807, 2.05) is 0 Å². The Hall–Kier alpha value is -2.18. The third-order valence-electron chi connectivity index (χ3n) is 2.34. The number of hydrogen-bond acceptors (Lipinski definition) is 2. The van der Waals surface area contributed by atoms with E-state index >= 15 is 0 Å². The molecule has 0 aliphatic carbocycles. The third kappa shape index (κ3) is 5.33. The lowest BCUT2D eigenvalue weighted by Crippen LogP contribution is -2.32. The van der Waals surface area contributed by atoms with Crippen LogP contribution >= 0.6 is 0 Å². The lowest BCUT2D eigenvalue weighted by Gasteiger charge is -2.17. The molecule has 0 aliphatic heterocycles. The second-order valence-corrected chi connectivity index (χ2v) is 4.01. The summed E-state index contributed by atoms with van der Waals surface area (Å²) >= 11 is 0. The quantitative estimate of drug-likeness (QED) is 0.864. The molecule has 0 fully saturated rings. The van der Waals surface area contributed by atoms with Crippen LogP contribution in [-0.2, 0) is 4.79 Å². The molecule has 2 amide bonds. The van der Waals surface area contributed by atoms with Crippen molar-refractivity contribution < 1.29 is 23.5 Å². The summed E-state index contributed by atoms with van der Waals surface area (Å²) in [6.45, 7) is 0.232. The second kappa shape index (κ2) is 6.67. The van der Waals surface area contributed by atoms with Gasteiger partial charge in [0.15, 0.2) is 0 Å². The molecule has 19 heavy (non-hydrogen) atoms. The van der Waals surface area contributed by atoms with Crippen LogP contribution in [0.5, 0.6) is 0 Å². The Balaban J connectivity index is 2.51. The van der Waals surface area contributed by atoms with E-state index in [-0.39, 0.29) is 18.7 Å². The van der Waals surface area contributed by atoms with Crippen molar-refractivity contribution in [1.82, 2.24) is 4.90 Å². The molecule has 0 spiro atoms. The number of carboxylic acids is 1. The Labute approximate surface area is 108 Å². The molecule has 5 nitrogen and oxygen atoms in total. The minimum atomic E-state index is -0.944. The summed E-state index contributed by atoms with van der Waals surface area (Å²) in [4.78, 5) is 23.2. The lowest BCUT2D eigenvalue weighted by atomic mass is 10.3.